The predicted molar refractivity (Wildman–Crippen MR) is 76.4 cm³/mol. The van der Waals surface area contributed by atoms with Gasteiger partial charge >= 0.3 is 5.97 Å². The van der Waals surface area contributed by atoms with Gasteiger partial charge in [0.05, 0.1) is 18.2 Å². The summed E-state index contributed by atoms with van der Waals surface area (Å²) in [5, 5.41) is 53.6. The molecule has 138 valence electrons. The molecule has 6 atom stereocenters. The van der Waals surface area contributed by atoms with E-state index in [2.05, 4.69) is 10.6 Å². The molecule has 1 fully saturated rings. The molecule has 11 nitrogen and oxygen atoms in total. The number of nitrogens with one attached hydrogen (secondary N) is 2. The fourth-order valence-corrected chi connectivity index (χ4v) is 2.40. The lowest BCUT2D eigenvalue weighted by Crippen LogP contribution is -2.67. The van der Waals surface area contributed by atoms with E-state index in [1.165, 1.54) is 6.92 Å². The third-order valence-corrected chi connectivity index (χ3v) is 3.58. The van der Waals surface area contributed by atoms with Crippen LogP contribution in [0.2, 0.25) is 0 Å². The summed E-state index contributed by atoms with van der Waals surface area (Å²) in [5.41, 5.74) is 0. The summed E-state index contributed by atoms with van der Waals surface area (Å²) in [4.78, 5) is 33.2. The normalized spacial score (nSPS) is 32.5. The summed E-state index contributed by atoms with van der Waals surface area (Å²) < 4.78 is 4.97. The van der Waals surface area contributed by atoms with Crippen LogP contribution in [0, 0.1) is 0 Å². The molecule has 0 aromatic rings. The maximum absolute atomic E-state index is 11.2. The lowest BCUT2D eigenvalue weighted by molar-refractivity contribution is -0.294. The number of aliphatic hydroxyl groups excluding tert-OH is 3. The van der Waals surface area contributed by atoms with Crippen LogP contribution in [-0.2, 0) is 19.1 Å². The van der Waals surface area contributed by atoms with Crippen molar-refractivity contribution in [1.82, 2.24) is 10.6 Å². The van der Waals surface area contributed by atoms with Crippen LogP contribution in [0.15, 0.2) is 0 Å². The Morgan fingerprint density at radius 1 is 1.25 bits per heavy atom. The molecule has 1 heterocycles. The summed E-state index contributed by atoms with van der Waals surface area (Å²) in [6, 6.07) is -1.27. The van der Waals surface area contributed by atoms with E-state index in [0.29, 0.717) is 0 Å². The average Bonchev–Trinajstić information content (AvgIpc) is 2.46. The third-order valence-electron chi connectivity index (χ3n) is 3.58. The van der Waals surface area contributed by atoms with E-state index < -0.39 is 60.4 Å². The molecular weight excluding hydrogens is 328 g/mol. The van der Waals surface area contributed by atoms with Crippen molar-refractivity contribution >= 4 is 17.8 Å². The topological polar surface area (TPSA) is 186 Å². The molecule has 11 heteroatoms. The number of rotatable bonds is 6. The zero-order valence-electron chi connectivity index (χ0n) is 13.2. The Kier molecular flexibility index (Phi) is 6.63. The molecule has 0 bridgehead atoms. The van der Waals surface area contributed by atoms with Gasteiger partial charge < -0.3 is 40.9 Å². The molecule has 2 amide bonds. The van der Waals surface area contributed by atoms with Crippen LogP contribution < -0.4 is 10.6 Å². The number of amides is 2. The molecule has 0 aromatic heterocycles. The van der Waals surface area contributed by atoms with E-state index >= 15 is 0 Å². The maximum Gasteiger partial charge on any atom is 0.364 e. The van der Waals surface area contributed by atoms with Gasteiger partial charge in [-0.2, -0.15) is 0 Å². The monoisotopic (exact) mass is 350 g/mol. The first-order valence-corrected chi connectivity index (χ1v) is 7.17. The van der Waals surface area contributed by atoms with Crippen molar-refractivity contribution < 1.29 is 44.7 Å². The maximum atomic E-state index is 11.2. The molecule has 0 radical (unpaired) electrons. The number of hydrogen-bond acceptors (Lipinski definition) is 8. The minimum Gasteiger partial charge on any atom is -0.477 e. The van der Waals surface area contributed by atoms with Gasteiger partial charge in [-0.15, -0.1) is 0 Å². The molecule has 1 saturated heterocycles. The van der Waals surface area contributed by atoms with Crippen molar-refractivity contribution in [2.24, 2.45) is 0 Å². The Labute approximate surface area is 137 Å². The quantitative estimate of drug-likeness (QED) is 0.253. The molecule has 0 aliphatic carbocycles. The number of carbonyl (C=O) groups is 3. The zero-order chi connectivity index (χ0) is 18.7. The fraction of sp³-hybridized carbons (Fsp3) is 0.769. The van der Waals surface area contributed by atoms with E-state index in [-0.39, 0.29) is 6.54 Å². The molecule has 24 heavy (non-hydrogen) atoms. The molecule has 0 spiro atoms. The molecule has 1 rings (SSSR count). The number of ether oxygens (including phenoxy) is 1. The Bertz CT molecular complexity index is 500. The molecule has 1 aliphatic rings. The van der Waals surface area contributed by atoms with Crippen molar-refractivity contribution in [1.29, 1.82) is 0 Å². The molecule has 2 unspecified atom stereocenters. The van der Waals surface area contributed by atoms with Crippen LogP contribution in [0.5, 0.6) is 0 Å². The van der Waals surface area contributed by atoms with E-state index in [9.17, 15) is 34.8 Å². The molecule has 0 saturated carbocycles. The van der Waals surface area contributed by atoms with E-state index in [0.717, 1.165) is 6.92 Å². The first-order valence-electron chi connectivity index (χ1n) is 7.17. The number of aliphatic hydroxyl groups is 4. The summed E-state index contributed by atoms with van der Waals surface area (Å²) in [5.74, 6) is -5.67. The van der Waals surface area contributed by atoms with Crippen LogP contribution in [-0.4, -0.2) is 86.1 Å². The van der Waals surface area contributed by atoms with Gasteiger partial charge in [-0.1, -0.05) is 0 Å². The number of carboxylic acid groups (broad SMARTS) is 1. The minimum absolute atomic E-state index is 0.384. The Hall–Kier alpha value is -1.79. The van der Waals surface area contributed by atoms with Crippen molar-refractivity contribution in [2.75, 3.05) is 6.54 Å². The van der Waals surface area contributed by atoms with Crippen molar-refractivity contribution in [3.05, 3.63) is 0 Å². The van der Waals surface area contributed by atoms with Gasteiger partial charge in [-0.05, 0) is 0 Å². The minimum atomic E-state index is -2.80. The summed E-state index contributed by atoms with van der Waals surface area (Å²) >= 11 is 0. The van der Waals surface area contributed by atoms with Crippen molar-refractivity contribution in [2.45, 2.75) is 56.5 Å². The summed E-state index contributed by atoms with van der Waals surface area (Å²) in [6.45, 7) is 1.93. The highest BCUT2D eigenvalue weighted by Gasteiger charge is 2.53. The summed E-state index contributed by atoms with van der Waals surface area (Å²) in [7, 11) is 0. The second kappa shape index (κ2) is 7.85. The van der Waals surface area contributed by atoms with Gasteiger partial charge in [0.2, 0.25) is 11.8 Å². The third kappa shape index (κ3) is 4.85. The number of hydrogen-bond donors (Lipinski definition) is 7. The molecule has 7 N–H and O–H groups in total. The highest BCUT2D eigenvalue weighted by Crippen LogP contribution is 2.30. The van der Waals surface area contributed by atoms with Gasteiger partial charge in [-0.3, -0.25) is 9.59 Å². The number of carbonyl (C=O) groups excluding carboxylic acids is 2. The van der Waals surface area contributed by atoms with Crippen molar-refractivity contribution in [3.63, 3.8) is 0 Å². The van der Waals surface area contributed by atoms with Gasteiger partial charge in [0, 0.05) is 26.8 Å². The largest absolute Gasteiger partial charge is 0.477 e. The predicted octanol–water partition coefficient (Wildman–Crippen LogP) is -3.73. The SMILES string of the molecule is CC(=O)NC[C@@H](O)[C@@H](O)C1O[C@@](O)(C(=O)O)CC(O)[C@H]1NC(C)=O. The standard InChI is InChI=1S/C13H22N2O9/c1-5(16)14-4-8(19)10(20)11-9(15-6(2)17)7(18)3-13(23,24-11)12(21)22/h7-11,18-20,23H,3-4H2,1-2H3,(H,14,16)(H,15,17)(H,21,22)/t7?,8-,9-,10-,11?,13-/m1/s1. The van der Waals surface area contributed by atoms with Gasteiger partial charge in [0.1, 0.15) is 12.2 Å². The highest BCUT2D eigenvalue weighted by atomic mass is 16.7. The molecule has 0 aromatic carbocycles. The Balaban J connectivity index is 3.01. The fourth-order valence-electron chi connectivity index (χ4n) is 2.40. The Morgan fingerprint density at radius 2 is 1.83 bits per heavy atom. The van der Waals surface area contributed by atoms with E-state index in [1.807, 2.05) is 0 Å². The molecular formula is C13H22N2O9. The lowest BCUT2D eigenvalue weighted by atomic mass is 9.88. The van der Waals surface area contributed by atoms with E-state index in [4.69, 9.17) is 9.84 Å². The van der Waals surface area contributed by atoms with Gasteiger partial charge in [-0.25, -0.2) is 4.79 Å². The average molecular weight is 350 g/mol. The zero-order valence-corrected chi connectivity index (χ0v) is 13.2. The van der Waals surface area contributed by atoms with Crippen LogP contribution in [0.25, 0.3) is 0 Å². The summed E-state index contributed by atoms with van der Waals surface area (Å²) in [6.07, 6.45) is -7.36. The highest BCUT2D eigenvalue weighted by molar-refractivity contribution is 5.76. The second-order valence-electron chi connectivity index (χ2n) is 5.66. The van der Waals surface area contributed by atoms with Gasteiger partial charge in [0.25, 0.3) is 5.79 Å². The first-order chi connectivity index (χ1) is 11.0. The van der Waals surface area contributed by atoms with Crippen LogP contribution in [0.3, 0.4) is 0 Å². The van der Waals surface area contributed by atoms with E-state index in [1.54, 1.807) is 0 Å². The molecule has 1 aliphatic heterocycles. The van der Waals surface area contributed by atoms with Crippen LogP contribution in [0.4, 0.5) is 0 Å². The number of carboxylic acids is 1. The lowest BCUT2D eigenvalue weighted by Gasteiger charge is -2.44. The van der Waals surface area contributed by atoms with Crippen LogP contribution >= 0.6 is 0 Å². The van der Waals surface area contributed by atoms with Crippen LogP contribution in [0.1, 0.15) is 20.3 Å². The Morgan fingerprint density at radius 3 is 2.29 bits per heavy atom. The number of aliphatic carboxylic acids is 1. The second-order valence-corrected chi connectivity index (χ2v) is 5.66. The van der Waals surface area contributed by atoms with Crippen molar-refractivity contribution in [3.8, 4) is 0 Å². The van der Waals surface area contributed by atoms with Gasteiger partial charge in [0.15, 0.2) is 0 Å². The smallest absolute Gasteiger partial charge is 0.364 e. The first kappa shape index (κ1) is 20.3.